The minimum Gasteiger partial charge on any atom is -0.0845 e. The lowest BCUT2D eigenvalue weighted by atomic mass is 9.83. The third-order valence-corrected chi connectivity index (χ3v) is 2.93. The van der Waals surface area contributed by atoms with Crippen LogP contribution in [0.4, 0.5) is 0 Å². The standard InChI is InChI=1S/C11H12BBrN/c1-2-14-8-10(12)11(13)9-6-4-3-5-7-9/h3-7,10-11H,2H2,1H3/q+1. The Labute approximate surface area is 94.9 Å². The highest BCUT2D eigenvalue weighted by molar-refractivity contribution is 9.09. The quantitative estimate of drug-likeness (QED) is 0.558. The van der Waals surface area contributed by atoms with Crippen LogP contribution in [0.5, 0.6) is 0 Å². The molecule has 2 radical (unpaired) electrons. The summed E-state index contributed by atoms with van der Waals surface area (Å²) in [6, 6.07) is 12.9. The molecule has 0 aromatic heterocycles. The molecule has 0 saturated heterocycles. The highest BCUT2D eigenvalue weighted by Crippen LogP contribution is 2.32. The van der Waals surface area contributed by atoms with E-state index in [0.29, 0.717) is 0 Å². The summed E-state index contributed by atoms with van der Waals surface area (Å²) in [5, 5.41) is 0. The Morgan fingerprint density at radius 3 is 2.64 bits per heavy atom. The molecule has 0 spiro atoms. The normalized spacial score (nSPS) is 13.9. The van der Waals surface area contributed by atoms with Gasteiger partial charge in [-0.05, 0) is 5.56 Å². The van der Waals surface area contributed by atoms with Gasteiger partial charge in [0.2, 0.25) is 0 Å². The van der Waals surface area contributed by atoms with E-state index in [4.69, 9.17) is 7.85 Å². The van der Waals surface area contributed by atoms with Crippen LogP contribution < -0.4 is 0 Å². The Bertz CT molecular complexity index is 328. The minimum atomic E-state index is -0.197. The van der Waals surface area contributed by atoms with E-state index >= 15 is 0 Å². The molecular weight excluding hydrogens is 237 g/mol. The molecule has 70 valence electrons. The van der Waals surface area contributed by atoms with Gasteiger partial charge in [-0.15, -0.1) is 0 Å². The maximum atomic E-state index is 5.88. The van der Waals surface area contributed by atoms with Crippen LogP contribution in [0.25, 0.3) is 4.85 Å². The third-order valence-electron chi connectivity index (χ3n) is 1.83. The van der Waals surface area contributed by atoms with Crippen LogP contribution in [-0.2, 0) is 0 Å². The number of hydrogen-bond acceptors (Lipinski definition) is 0. The Morgan fingerprint density at radius 1 is 1.43 bits per heavy atom. The fourth-order valence-corrected chi connectivity index (χ4v) is 1.53. The van der Waals surface area contributed by atoms with Crippen molar-refractivity contribution < 1.29 is 0 Å². The molecule has 2 unspecified atom stereocenters. The van der Waals surface area contributed by atoms with Gasteiger partial charge in [0.05, 0.1) is 18.5 Å². The summed E-state index contributed by atoms with van der Waals surface area (Å²) in [6.45, 7) is 2.69. The van der Waals surface area contributed by atoms with E-state index in [1.54, 1.807) is 0 Å². The highest BCUT2D eigenvalue weighted by atomic mass is 79.9. The van der Waals surface area contributed by atoms with Gasteiger partial charge in [-0.3, -0.25) is 0 Å². The molecular formula is C11H12BBrN+. The average Bonchev–Trinajstić information content (AvgIpc) is 2.26. The Balaban J connectivity index is 2.70. The lowest BCUT2D eigenvalue weighted by Crippen LogP contribution is -1.98. The molecule has 0 N–H and O–H groups in total. The van der Waals surface area contributed by atoms with Crippen LogP contribution in [0.2, 0.25) is 5.82 Å². The number of nitrogens with zero attached hydrogens (tertiary/aromatic N) is 1. The lowest BCUT2D eigenvalue weighted by Gasteiger charge is -2.09. The fourth-order valence-electron chi connectivity index (χ4n) is 1.11. The molecule has 1 rings (SSSR count). The summed E-state index contributed by atoms with van der Waals surface area (Å²) in [5.74, 6) is -0.197. The van der Waals surface area contributed by atoms with Crippen molar-refractivity contribution in [3.63, 3.8) is 0 Å². The van der Waals surface area contributed by atoms with Crippen LogP contribution in [0.15, 0.2) is 30.3 Å². The van der Waals surface area contributed by atoms with Gasteiger partial charge in [-0.2, -0.15) is 0 Å². The lowest BCUT2D eigenvalue weighted by molar-refractivity contribution is 1.00. The second kappa shape index (κ2) is 5.88. The maximum absolute atomic E-state index is 5.88. The summed E-state index contributed by atoms with van der Waals surface area (Å²) in [5.41, 5.74) is 1.15. The highest BCUT2D eigenvalue weighted by Gasteiger charge is 2.17. The molecule has 0 fully saturated rings. The Morgan fingerprint density at radius 2 is 2.07 bits per heavy atom. The number of benzene rings is 1. The fraction of sp³-hybridized carbons (Fsp3) is 0.364. The van der Waals surface area contributed by atoms with Gasteiger partial charge in [0, 0.05) is 6.92 Å². The van der Waals surface area contributed by atoms with Crippen molar-refractivity contribution in [2.45, 2.75) is 17.6 Å². The van der Waals surface area contributed by atoms with Crippen LogP contribution in [-0.4, -0.2) is 14.4 Å². The second-order valence-electron chi connectivity index (χ2n) is 2.94. The Hall–Kier alpha value is -0.745. The largest absolute Gasteiger partial charge is 0.267 e. The first-order chi connectivity index (χ1) is 6.75. The van der Waals surface area contributed by atoms with Gasteiger partial charge in [0.1, 0.15) is 0 Å². The molecule has 0 aliphatic carbocycles. The zero-order valence-electron chi connectivity index (χ0n) is 8.15. The zero-order chi connectivity index (χ0) is 10.4. The summed E-state index contributed by atoms with van der Waals surface area (Å²) >= 11 is 3.53. The van der Waals surface area contributed by atoms with Gasteiger partial charge in [0.15, 0.2) is 0 Å². The molecule has 2 atom stereocenters. The monoisotopic (exact) mass is 248 g/mol. The van der Waals surface area contributed by atoms with E-state index in [0.717, 1.165) is 12.1 Å². The first-order valence-corrected chi connectivity index (χ1v) is 5.54. The summed E-state index contributed by atoms with van der Waals surface area (Å²) in [6.07, 6.45) is 0. The molecule has 0 amide bonds. The predicted octanol–water partition coefficient (Wildman–Crippen LogP) is 3.43. The number of halogens is 1. The van der Waals surface area contributed by atoms with Crippen LogP contribution in [0.3, 0.4) is 0 Å². The van der Waals surface area contributed by atoms with Gasteiger partial charge >= 0.3 is 0 Å². The first kappa shape index (κ1) is 11.3. The number of alkyl halides is 1. The molecule has 1 nitrogen and oxygen atoms in total. The first-order valence-electron chi connectivity index (χ1n) is 4.62. The van der Waals surface area contributed by atoms with E-state index in [9.17, 15) is 0 Å². The molecule has 0 aliphatic heterocycles. The molecule has 0 saturated carbocycles. The van der Waals surface area contributed by atoms with Crippen molar-refractivity contribution in [2.24, 2.45) is 0 Å². The SMILES string of the molecule is [B]C(C#[N+]CC)C(Br)c1ccccc1. The zero-order valence-corrected chi connectivity index (χ0v) is 9.74. The molecule has 1 aromatic carbocycles. The third kappa shape index (κ3) is 3.19. The van der Waals surface area contributed by atoms with Gasteiger partial charge in [-0.25, -0.2) is 0 Å². The van der Waals surface area contributed by atoms with Crippen LogP contribution >= 0.6 is 15.9 Å². The van der Waals surface area contributed by atoms with E-state index in [1.165, 1.54) is 0 Å². The molecule has 14 heavy (non-hydrogen) atoms. The molecule has 3 heteroatoms. The number of rotatable bonds is 2. The van der Waals surface area contributed by atoms with E-state index in [1.807, 2.05) is 37.3 Å². The average molecular weight is 249 g/mol. The van der Waals surface area contributed by atoms with Crippen molar-refractivity contribution in [1.82, 2.24) is 0 Å². The number of hydrogen-bond donors (Lipinski definition) is 0. The maximum Gasteiger partial charge on any atom is 0.267 e. The van der Waals surface area contributed by atoms with E-state index < -0.39 is 0 Å². The molecule has 0 heterocycles. The van der Waals surface area contributed by atoms with Gasteiger partial charge < -0.3 is 0 Å². The second-order valence-corrected chi connectivity index (χ2v) is 3.93. The molecule has 0 bridgehead atoms. The van der Waals surface area contributed by atoms with Gasteiger partial charge in [-0.1, -0.05) is 51.1 Å². The van der Waals surface area contributed by atoms with Crippen LogP contribution in [0, 0.1) is 6.07 Å². The molecule has 1 aromatic rings. The summed E-state index contributed by atoms with van der Waals surface area (Å²) < 4.78 is 0. The minimum absolute atomic E-state index is 0.0824. The molecule has 0 aliphatic rings. The Kier molecular flexibility index (Phi) is 4.75. The van der Waals surface area contributed by atoms with Crippen molar-refractivity contribution >= 4 is 23.8 Å². The smallest absolute Gasteiger partial charge is 0.0845 e. The van der Waals surface area contributed by atoms with Crippen molar-refractivity contribution in [1.29, 1.82) is 0 Å². The van der Waals surface area contributed by atoms with Crippen molar-refractivity contribution in [3.05, 3.63) is 40.7 Å². The predicted molar refractivity (Wildman–Crippen MR) is 65.4 cm³/mol. The topological polar surface area (TPSA) is 4.36 Å². The van der Waals surface area contributed by atoms with Gasteiger partial charge in [0.25, 0.3) is 12.6 Å². The van der Waals surface area contributed by atoms with Crippen molar-refractivity contribution in [2.75, 3.05) is 6.54 Å². The van der Waals surface area contributed by atoms with Crippen LogP contribution in [0.1, 0.15) is 17.3 Å². The van der Waals surface area contributed by atoms with E-state index in [2.05, 4.69) is 26.8 Å². The van der Waals surface area contributed by atoms with Crippen molar-refractivity contribution in [3.8, 4) is 6.07 Å². The summed E-state index contributed by atoms with van der Waals surface area (Å²) in [4.78, 5) is 4.10. The summed E-state index contributed by atoms with van der Waals surface area (Å²) in [7, 11) is 5.88. The van der Waals surface area contributed by atoms with E-state index in [-0.39, 0.29) is 10.6 Å².